The number of rotatable bonds is 9. The first-order chi connectivity index (χ1) is 25.5. The van der Waals surface area contributed by atoms with Gasteiger partial charge in [0.2, 0.25) is 0 Å². The molecule has 4 atom stereocenters. The van der Waals surface area contributed by atoms with Gasteiger partial charge in [-0.05, 0) is 60.9 Å². The predicted octanol–water partition coefficient (Wildman–Crippen LogP) is 5.73. The summed E-state index contributed by atoms with van der Waals surface area (Å²) in [5.74, 6) is -3.24. The fourth-order valence-electron chi connectivity index (χ4n) is 7.03. The Hall–Kier alpha value is -5.13. The van der Waals surface area contributed by atoms with Crippen LogP contribution >= 0.6 is 0 Å². The molecule has 3 aromatic rings. The van der Waals surface area contributed by atoms with Gasteiger partial charge in [-0.25, -0.2) is 14.8 Å². The highest BCUT2D eigenvalue weighted by Gasteiger charge is 2.48. The van der Waals surface area contributed by atoms with Crippen LogP contribution in [0.25, 0.3) is 0 Å². The molecule has 0 spiro atoms. The van der Waals surface area contributed by atoms with Gasteiger partial charge in [-0.1, -0.05) is 6.92 Å². The van der Waals surface area contributed by atoms with Crippen LogP contribution in [0.3, 0.4) is 0 Å². The monoisotopic (exact) mass is 766 g/mol. The van der Waals surface area contributed by atoms with E-state index in [0.29, 0.717) is 47.9 Å². The fourth-order valence-corrected chi connectivity index (χ4v) is 7.03. The van der Waals surface area contributed by atoms with Crippen LogP contribution < -0.4 is 20.3 Å². The Balaban J connectivity index is 1.64. The zero-order valence-corrected chi connectivity index (χ0v) is 29.9. The number of nitrogens with zero attached hydrogens (tertiary/aromatic N) is 5. The molecule has 2 aliphatic rings. The number of esters is 1. The van der Waals surface area contributed by atoms with E-state index in [1.807, 2.05) is 4.90 Å². The Morgan fingerprint density at radius 3 is 2.04 bits per heavy atom. The smallest absolute Gasteiger partial charge is 0.416 e. The van der Waals surface area contributed by atoms with Gasteiger partial charge in [-0.3, -0.25) is 14.5 Å². The molecule has 54 heavy (non-hydrogen) atoms. The number of anilines is 2. The lowest BCUT2D eigenvalue weighted by Crippen LogP contribution is -2.57. The highest BCUT2D eigenvalue weighted by atomic mass is 19.4. The quantitative estimate of drug-likeness (QED) is 0.212. The topological polar surface area (TPSA) is 140 Å². The summed E-state index contributed by atoms with van der Waals surface area (Å²) in [6, 6.07) is 4.15. The SMILES string of the molecule is CCOC(=O)N1c2ccc(OC)cc2C(C(c2cc(C(F)(F)F)cc(C(F)(F)F)c2)c2ncc(N3CCN(C(=O)COC(C)=O)CC3)cn2)C(N)C1CC. The summed E-state index contributed by atoms with van der Waals surface area (Å²) in [5, 5.41) is 0. The Labute approximate surface area is 307 Å². The number of benzene rings is 2. The van der Waals surface area contributed by atoms with Crippen molar-refractivity contribution in [1.29, 1.82) is 0 Å². The maximum atomic E-state index is 14.3. The fraction of sp³-hybridized carbons (Fsp3) is 0.472. The van der Waals surface area contributed by atoms with Gasteiger partial charge in [-0.15, -0.1) is 0 Å². The van der Waals surface area contributed by atoms with Crippen LogP contribution in [0.2, 0.25) is 0 Å². The molecule has 0 bridgehead atoms. The molecular formula is C36H40F6N6O6. The zero-order valence-electron chi connectivity index (χ0n) is 29.9. The van der Waals surface area contributed by atoms with Crippen LogP contribution in [0.5, 0.6) is 5.75 Å². The van der Waals surface area contributed by atoms with Crippen molar-refractivity contribution in [3.05, 3.63) is 76.9 Å². The number of piperazine rings is 1. The van der Waals surface area contributed by atoms with Crippen molar-refractivity contribution in [3.8, 4) is 5.75 Å². The van der Waals surface area contributed by atoms with E-state index in [1.165, 1.54) is 36.2 Å². The number of aromatic nitrogens is 2. The number of ether oxygens (including phenoxy) is 3. The van der Waals surface area contributed by atoms with Gasteiger partial charge >= 0.3 is 24.4 Å². The predicted molar refractivity (Wildman–Crippen MR) is 183 cm³/mol. The van der Waals surface area contributed by atoms with Crippen molar-refractivity contribution < 1.29 is 54.9 Å². The summed E-state index contributed by atoms with van der Waals surface area (Å²) in [7, 11) is 1.38. The number of halogens is 6. The second-order valence-electron chi connectivity index (χ2n) is 12.8. The van der Waals surface area contributed by atoms with Crippen molar-refractivity contribution in [2.75, 3.05) is 56.3 Å². The Kier molecular flexibility index (Phi) is 11.9. The molecular weight excluding hydrogens is 726 g/mol. The summed E-state index contributed by atoms with van der Waals surface area (Å²) in [6.45, 7) is 5.43. The van der Waals surface area contributed by atoms with E-state index >= 15 is 0 Å². The third kappa shape index (κ3) is 8.48. The summed E-state index contributed by atoms with van der Waals surface area (Å²) < 4.78 is 101. The standard InChI is InChI=1S/C36H40F6N6O6/c1-5-27-32(43)31(26-16-25(52-4)7-8-28(26)48(27)34(51)53-6-2)30(21-13-22(35(37,38)39)15-23(14-21)36(40,41)42)33-44-17-24(18-45-33)46-9-11-47(12-10-46)29(50)19-54-20(3)49/h7-8,13-18,27,30-32H,5-6,9-12,19,43H2,1-4H3. The molecule has 1 fully saturated rings. The Bertz CT molecular complexity index is 1800. The number of carbonyl (C=O) groups is 3. The summed E-state index contributed by atoms with van der Waals surface area (Å²) in [5.41, 5.74) is 4.60. The molecule has 12 nitrogen and oxygen atoms in total. The van der Waals surface area contributed by atoms with E-state index in [-0.39, 0.29) is 43.9 Å². The maximum absolute atomic E-state index is 14.3. The molecule has 2 amide bonds. The molecule has 1 saturated heterocycles. The van der Waals surface area contributed by atoms with Crippen molar-refractivity contribution in [3.63, 3.8) is 0 Å². The number of fused-ring (bicyclic) bond motifs is 1. The molecule has 5 rings (SSSR count). The molecule has 0 radical (unpaired) electrons. The van der Waals surface area contributed by atoms with Crippen LogP contribution in [0, 0.1) is 0 Å². The van der Waals surface area contributed by atoms with Crippen LogP contribution in [0.1, 0.15) is 67.1 Å². The molecule has 0 aliphatic carbocycles. The number of methoxy groups -OCH3 is 1. The van der Waals surface area contributed by atoms with Crippen molar-refractivity contribution >= 4 is 29.3 Å². The lowest BCUT2D eigenvalue weighted by Gasteiger charge is -2.46. The molecule has 1 aromatic heterocycles. The van der Waals surface area contributed by atoms with Gasteiger partial charge in [-0.2, -0.15) is 26.3 Å². The van der Waals surface area contributed by atoms with Crippen LogP contribution in [-0.2, 0) is 31.4 Å². The zero-order chi connectivity index (χ0) is 39.5. The van der Waals surface area contributed by atoms with E-state index in [1.54, 1.807) is 32.0 Å². The van der Waals surface area contributed by atoms with E-state index < -0.39 is 71.6 Å². The average Bonchev–Trinajstić information content (AvgIpc) is 3.13. The molecule has 3 heterocycles. The molecule has 4 unspecified atom stereocenters. The van der Waals surface area contributed by atoms with E-state index in [2.05, 4.69) is 9.97 Å². The third-order valence-corrected chi connectivity index (χ3v) is 9.59. The first-order valence-corrected chi connectivity index (χ1v) is 17.1. The highest BCUT2D eigenvalue weighted by molar-refractivity contribution is 5.91. The minimum Gasteiger partial charge on any atom is -0.497 e. The molecule has 0 saturated carbocycles. The van der Waals surface area contributed by atoms with Crippen molar-refractivity contribution in [2.24, 2.45) is 5.73 Å². The normalized spacial score (nSPS) is 19.5. The first kappa shape index (κ1) is 40.1. The number of alkyl halides is 6. The second-order valence-corrected chi connectivity index (χ2v) is 12.8. The second kappa shape index (κ2) is 16.1. The lowest BCUT2D eigenvalue weighted by atomic mass is 9.70. The number of carbonyl (C=O) groups excluding carboxylic acids is 3. The number of amides is 2. The minimum absolute atomic E-state index is 0.0306. The molecule has 2 aromatic carbocycles. The molecule has 2 N–H and O–H groups in total. The summed E-state index contributed by atoms with van der Waals surface area (Å²) in [6.07, 6.45) is -7.95. The highest BCUT2D eigenvalue weighted by Crippen LogP contribution is 2.50. The van der Waals surface area contributed by atoms with Gasteiger partial charge in [0.1, 0.15) is 11.6 Å². The van der Waals surface area contributed by atoms with Gasteiger partial charge in [0, 0.05) is 45.1 Å². The van der Waals surface area contributed by atoms with Gasteiger partial charge in [0.25, 0.3) is 5.91 Å². The van der Waals surface area contributed by atoms with Gasteiger partial charge < -0.3 is 29.7 Å². The van der Waals surface area contributed by atoms with Crippen LogP contribution in [0.4, 0.5) is 42.5 Å². The number of nitrogens with two attached hydrogens (primary N) is 1. The molecule has 18 heteroatoms. The molecule has 292 valence electrons. The van der Waals surface area contributed by atoms with E-state index in [0.717, 1.165) is 0 Å². The lowest BCUT2D eigenvalue weighted by molar-refractivity contribution is -0.150. The largest absolute Gasteiger partial charge is 0.497 e. The molecule has 2 aliphatic heterocycles. The summed E-state index contributed by atoms with van der Waals surface area (Å²) in [4.78, 5) is 50.7. The van der Waals surface area contributed by atoms with Crippen molar-refractivity contribution in [2.45, 2.75) is 63.5 Å². The van der Waals surface area contributed by atoms with Gasteiger partial charge in [0.15, 0.2) is 6.61 Å². The summed E-state index contributed by atoms with van der Waals surface area (Å²) >= 11 is 0. The van der Waals surface area contributed by atoms with Gasteiger partial charge in [0.05, 0.1) is 60.6 Å². The number of hydrogen-bond donors (Lipinski definition) is 1. The van der Waals surface area contributed by atoms with Crippen LogP contribution in [0.15, 0.2) is 48.8 Å². The Morgan fingerprint density at radius 2 is 1.52 bits per heavy atom. The van der Waals surface area contributed by atoms with Crippen LogP contribution in [-0.4, -0.2) is 91.4 Å². The third-order valence-electron chi connectivity index (χ3n) is 9.59. The Morgan fingerprint density at radius 1 is 0.907 bits per heavy atom. The average molecular weight is 767 g/mol. The van der Waals surface area contributed by atoms with E-state index in [4.69, 9.17) is 19.9 Å². The first-order valence-electron chi connectivity index (χ1n) is 17.1. The van der Waals surface area contributed by atoms with E-state index in [9.17, 15) is 40.7 Å². The maximum Gasteiger partial charge on any atom is 0.416 e. The van der Waals surface area contributed by atoms with Crippen molar-refractivity contribution in [1.82, 2.24) is 14.9 Å². The minimum atomic E-state index is -5.14. The number of hydrogen-bond acceptors (Lipinski definition) is 10.